The molecule has 3 rings (SSSR count). The van der Waals surface area contributed by atoms with Gasteiger partial charge in [-0.15, -0.1) is 10.2 Å². The summed E-state index contributed by atoms with van der Waals surface area (Å²) in [6.07, 6.45) is -3.58. The smallest absolute Gasteiger partial charge is 0.396 e. The lowest BCUT2D eigenvalue weighted by atomic mass is 10.2. The molecule has 0 aliphatic rings. The Morgan fingerprint density at radius 1 is 1.05 bits per heavy atom. The van der Waals surface area contributed by atoms with Gasteiger partial charge >= 0.3 is 6.18 Å². The molecule has 0 aliphatic heterocycles. The van der Waals surface area contributed by atoms with Crippen LogP contribution in [0.3, 0.4) is 0 Å². The van der Waals surface area contributed by atoms with E-state index in [-0.39, 0.29) is 17.2 Å². The summed E-state index contributed by atoms with van der Waals surface area (Å²) in [5.41, 5.74) is 5.14. The molecule has 0 unspecified atom stereocenters. The van der Waals surface area contributed by atoms with Crippen molar-refractivity contribution in [1.29, 1.82) is 0 Å². The second-order valence-electron chi connectivity index (χ2n) is 4.40. The van der Waals surface area contributed by atoms with Gasteiger partial charge in [-0.05, 0) is 30.3 Å². The highest BCUT2D eigenvalue weighted by atomic mass is 19.4. The second kappa shape index (κ2) is 4.44. The highest BCUT2D eigenvalue weighted by molar-refractivity contribution is 5.64. The number of nitrogens with zero attached hydrogens (tertiary/aromatic N) is 3. The van der Waals surface area contributed by atoms with Gasteiger partial charge in [0, 0.05) is 11.8 Å². The number of hydrogen-bond acceptors (Lipinski definition) is 3. The van der Waals surface area contributed by atoms with Crippen LogP contribution in [-0.4, -0.2) is 14.6 Å². The van der Waals surface area contributed by atoms with Crippen LogP contribution < -0.4 is 5.73 Å². The summed E-state index contributed by atoms with van der Waals surface area (Å²) in [5.74, 6) is -0.452. The van der Waals surface area contributed by atoms with Gasteiger partial charge in [0.25, 0.3) is 0 Å². The average molecular weight is 296 g/mol. The van der Waals surface area contributed by atoms with E-state index in [1.165, 1.54) is 22.6 Å². The number of nitrogens with two attached hydrogens (primary N) is 1. The van der Waals surface area contributed by atoms with E-state index in [0.29, 0.717) is 5.56 Å². The Balaban J connectivity index is 2.20. The van der Waals surface area contributed by atoms with Gasteiger partial charge in [-0.3, -0.25) is 4.40 Å². The predicted octanol–water partition coefficient (Wildman–Crippen LogP) is 3.14. The molecule has 2 aromatic heterocycles. The maximum absolute atomic E-state index is 13.2. The maximum Gasteiger partial charge on any atom is 0.417 e. The molecule has 0 bridgehead atoms. The van der Waals surface area contributed by atoms with Crippen LogP contribution in [0.1, 0.15) is 5.56 Å². The van der Waals surface area contributed by atoms with Crippen LogP contribution in [-0.2, 0) is 6.18 Å². The van der Waals surface area contributed by atoms with Crippen molar-refractivity contribution in [3.63, 3.8) is 0 Å². The zero-order valence-electron chi connectivity index (χ0n) is 10.4. The number of anilines is 1. The molecule has 0 saturated carbocycles. The zero-order valence-corrected chi connectivity index (χ0v) is 10.4. The second-order valence-corrected chi connectivity index (χ2v) is 4.40. The summed E-state index contributed by atoms with van der Waals surface area (Å²) in [5, 5.41) is 7.61. The Morgan fingerprint density at radius 2 is 1.81 bits per heavy atom. The van der Waals surface area contributed by atoms with E-state index in [1.807, 2.05) is 0 Å². The molecule has 4 nitrogen and oxygen atoms in total. The Morgan fingerprint density at radius 3 is 2.48 bits per heavy atom. The minimum absolute atomic E-state index is 0.115. The van der Waals surface area contributed by atoms with Gasteiger partial charge in [0.15, 0.2) is 11.5 Å². The molecule has 21 heavy (non-hydrogen) atoms. The van der Waals surface area contributed by atoms with Crippen LogP contribution in [0, 0.1) is 5.82 Å². The molecular formula is C13H8F4N4. The fraction of sp³-hybridized carbons (Fsp3) is 0.0769. The highest BCUT2D eigenvalue weighted by Gasteiger charge is 2.31. The van der Waals surface area contributed by atoms with E-state index < -0.39 is 17.6 Å². The van der Waals surface area contributed by atoms with Crippen molar-refractivity contribution in [2.75, 3.05) is 5.73 Å². The number of nitrogen functional groups attached to an aromatic ring is 1. The summed E-state index contributed by atoms with van der Waals surface area (Å²) < 4.78 is 52.6. The molecule has 0 amide bonds. The number of hydrogen-bond donors (Lipinski definition) is 1. The van der Waals surface area contributed by atoms with Crippen LogP contribution >= 0.6 is 0 Å². The third-order valence-corrected chi connectivity index (χ3v) is 2.98. The number of pyridine rings is 1. The minimum Gasteiger partial charge on any atom is -0.396 e. The molecule has 108 valence electrons. The molecule has 0 saturated heterocycles. The van der Waals surface area contributed by atoms with Crippen molar-refractivity contribution < 1.29 is 17.6 Å². The Kier molecular flexibility index (Phi) is 2.82. The molecule has 8 heteroatoms. The Hall–Kier alpha value is -2.64. The summed E-state index contributed by atoms with van der Waals surface area (Å²) in [6, 6.07) is 5.94. The first-order chi connectivity index (χ1) is 9.86. The quantitative estimate of drug-likeness (QED) is 0.554. The third kappa shape index (κ3) is 2.28. The first kappa shape index (κ1) is 13.3. The summed E-state index contributed by atoms with van der Waals surface area (Å²) in [4.78, 5) is 0. The van der Waals surface area contributed by atoms with Gasteiger partial charge < -0.3 is 5.73 Å². The van der Waals surface area contributed by atoms with Crippen molar-refractivity contribution in [3.05, 3.63) is 47.9 Å². The highest BCUT2D eigenvalue weighted by Crippen LogP contribution is 2.30. The van der Waals surface area contributed by atoms with Crippen LogP contribution in [0.4, 0.5) is 23.2 Å². The third-order valence-electron chi connectivity index (χ3n) is 2.98. The van der Waals surface area contributed by atoms with Gasteiger partial charge in [-0.25, -0.2) is 4.39 Å². The Labute approximate surface area is 115 Å². The van der Waals surface area contributed by atoms with Gasteiger partial charge in [-0.1, -0.05) is 0 Å². The molecule has 2 heterocycles. The van der Waals surface area contributed by atoms with E-state index >= 15 is 0 Å². The van der Waals surface area contributed by atoms with Gasteiger partial charge in [-0.2, -0.15) is 13.2 Å². The fourth-order valence-corrected chi connectivity index (χ4v) is 1.94. The minimum atomic E-state index is -4.47. The summed E-state index contributed by atoms with van der Waals surface area (Å²) in [6.45, 7) is 0. The predicted molar refractivity (Wildman–Crippen MR) is 67.8 cm³/mol. The molecule has 0 fully saturated rings. The molecular weight excluding hydrogens is 288 g/mol. The normalized spacial score (nSPS) is 12.0. The molecule has 0 spiro atoms. The molecule has 2 N–H and O–H groups in total. The largest absolute Gasteiger partial charge is 0.417 e. The van der Waals surface area contributed by atoms with Crippen molar-refractivity contribution in [2.24, 2.45) is 0 Å². The average Bonchev–Trinajstić information content (AvgIpc) is 2.84. The summed E-state index contributed by atoms with van der Waals surface area (Å²) in [7, 11) is 0. The fourth-order valence-electron chi connectivity index (χ4n) is 1.94. The lowest BCUT2D eigenvalue weighted by Gasteiger charge is -2.07. The zero-order chi connectivity index (χ0) is 15.2. The molecule has 3 aromatic rings. The number of aromatic nitrogens is 3. The maximum atomic E-state index is 13.2. The summed E-state index contributed by atoms with van der Waals surface area (Å²) >= 11 is 0. The first-order valence-corrected chi connectivity index (χ1v) is 5.83. The number of alkyl halides is 3. The van der Waals surface area contributed by atoms with Crippen LogP contribution in [0.15, 0.2) is 36.5 Å². The van der Waals surface area contributed by atoms with Crippen LogP contribution in [0.25, 0.3) is 17.0 Å². The number of halogens is 4. The number of rotatable bonds is 1. The first-order valence-electron chi connectivity index (χ1n) is 5.83. The van der Waals surface area contributed by atoms with E-state index in [1.54, 1.807) is 0 Å². The van der Waals surface area contributed by atoms with Gasteiger partial charge in [0.05, 0.1) is 11.3 Å². The molecule has 0 radical (unpaired) electrons. The van der Waals surface area contributed by atoms with E-state index in [9.17, 15) is 17.6 Å². The van der Waals surface area contributed by atoms with Gasteiger partial charge in [0.2, 0.25) is 0 Å². The SMILES string of the molecule is Nc1cc(-c2nnc3ccc(C(F)(F)F)cn23)ccc1F. The van der Waals surface area contributed by atoms with E-state index in [0.717, 1.165) is 18.3 Å². The Bertz CT molecular complexity index is 823. The van der Waals surface area contributed by atoms with E-state index in [4.69, 9.17) is 5.73 Å². The van der Waals surface area contributed by atoms with Gasteiger partial charge in [0.1, 0.15) is 5.82 Å². The topological polar surface area (TPSA) is 56.2 Å². The van der Waals surface area contributed by atoms with Crippen LogP contribution in [0.5, 0.6) is 0 Å². The standard InChI is InChI=1S/C13H8F4N4/c14-9-3-1-7(5-10(9)18)12-20-19-11-4-2-8(6-21(11)12)13(15,16)17/h1-6H,18H2. The molecule has 1 aromatic carbocycles. The molecule has 0 aliphatic carbocycles. The number of benzene rings is 1. The van der Waals surface area contributed by atoms with Crippen molar-refractivity contribution in [2.45, 2.75) is 6.18 Å². The monoisotopic (exact) mass is 296 g/mol. The number of fused-ring (bicyclic) bond motifs is 1. The molecule has 0 atom stereocenters. The van der Waals surface area contributed by atoms with E-state index in [2.05, 4.69) is 10.2 Å². The lowest BCUT2D eigenvalue weighted by molar-refractivity contribution is -0.137. The van der Waals surface area contributed by atoms with Crippen LogP contribution in [0.2, 0.25) is 0 Å². The van der Waals surface area contributed by atoms with Crippen molar-refractivity contribution >= 4 is 11.3 Å². The van der Waals surface area contributed by atoms with Crippen molar-refractivity contribution in [3.8, 4) is 11.4 Å². The lowest BCUT2D eigenvalue weighted by Crippen LogP contribution is -2.06. The van der Waals surface area contributed by atoms with Crippen molar-refractivity contribution in [1.82, 2.24) is 14.6 Å².